The van der Waals surface area contributed by atoms with Crippen LogP contribution in [0.2, 0.25) is 10.0 Å². The van der Waals surface area contributed by atoms with E-state index in [0.717, 1.165) is 11.3 Å². The van der Waals surface area contributed by atoms with Crippen LogP contribution in [0.4, 0.5) is 0 Å². The SMILES string of the molecule is Clc1ccc(CON=Cc2cn(-c3ccccc3)nn2)c(Cl)c1. The highest BCUT2D eigenvalue weighted by atomic mass is 35.5. The Balaban J connectivity index is 1.59. The number of hydrogen-bond acceptors (Lipinski definition) is 4. The predicted octanol–water partition coefficient (Wildman–Crippen LogP) is 4.12. The minimum absolute atomic E-state index is 0.249. The highest BCUT2D eigenvalue weighted by Gasteiger charge is 2.02. The Hall–Kier alpha value is -2.37. The summed E-state index contributed by atoms with van der Waals surface area (Å²) in [6, 6.07) is 14.9. The molecule has 1 aromatic heterocycles. The molecule has 0 spiro atoms. The second-order valence-corrected chi connectivity index (χ2v) is 5.51. The summed E-state index contributed by atoms with van der Waals surface area (Å²) in [5.74, 6) is 0. The molecule has 5 nitrogen and oxygen atoms in total. The van der Waals surface area contributed by atoms with Gasteiger partial charge in [0, 0.05) is 15.6 Å². The number of para-hydroxylation sites is 1. The molecule has 0 aliphatic heterocycles. The zero-order valence-electron chi connectivity index (χ0n) is 11.9. The molecule has 0 aliphatic rings. The summed E-state index contributed by atoms with van der Waals surface area (Å²) in [6.07, 6.45) is 3.26. The molecule has 0 radical (unpaired) electrons. The number of hydrogen-bond donors (Lipinski definition) is 0. The van der Waals surface area contributed by atoms with Crippen LogP contribution >= 0.6 is 23.2 Å². The van der Waals surface area contributed by atoms with E-state index in [9.17, 15) is 0 Å². The Morgan fingerprint density at radius 2 is 1.96 bits per heavy atom. The highest BCUT2D eigenvalue weighted by molar-refractivity contribution is 6.35. The number of halogens is 2. The first-order valence-corrected chi connectivity index (χ1v) is 7.55. The first kappa shape index (κ1) is 15.5. The lowest BCUT2D eigenvalue weighted by molar-refractivity contribution is 0.132. The van der Waals surface area contributed by atoms with E-state index in [1.165, 1.54) is 6.21 Å². The maximum Gasteiger partial charge on any atom is 0.143 e. The van der Waals surface area contributed by atoms with E-state index < -0.39 is 0 Å². The van der Waals surface area contributed by atoms with E-state index in [1.807, 2.05) is 30.3 Å². The average molecular weight is 347 g/mol. The summed E-state index contributed by atoms with van der Waals surface area (Å²) in [5.41, 5.74) is 2.32. The maximum absolute atomic E-state index is 6.05. The summed E-state index contributed by atoms with van der Waals surface area (Å²) in [5, 5.41) is 13.0. The normalized spacial score (nSPS) is 11.0. The van der Waals surface area contributed by atoms with Crippen molar-refractivity contribution in [3.8, 4) is 5.69 Å². The van der Waals surface area contributed by atoms with Gasteiger partial charge < -0.3 is 4.84 Å². The van der Waals surface area contributed by atoms with Gasteiger partial charge in [0.1, 0.15) is 12.3 Å². The third-order valence-corrected chi connectivity index (χ3v) is 3.61. The molecule has 0 aliphatic carbocycles. The van der Waals surface area contributed by atoms with Crippen molar-refractivity contribution < 1.29 is 4.84 Å². The van der Waals surface area contributed by atoms with Gasteiger partial charge in [-0.1, -0.05) is 57.8 Å². The first-order chi connectivity index (χ1) is 11.2. The molecule has 0 fully saturated rings. The zero-order valence-corrected chi connectivity index (χ0v) is 13.4. The molecule has 2 aromatic carbocycles. The second kappa shape index (κ2) is 7.26. The van der Waals surface area contributed by atoms with Gasteiger partial charge in [0.25, 0.3) is 0 Å². The van der Waals surface area contributed by atoms with E-state index in [1.54, 1.807) is 29.1 Å². The summed E-state index contributed by atoms with van der Waals surface area (Å²) < 4.78 is 1.66. The van der Waals surface area contributed by atoms with Gasteiger partial charge in [-0.15, -0.1) is 5.10 Å². The van der Waals surface area contributed by atoms with Crippen LogP contribution in [0.15, 0.2) is 59.9 Å². The number of nitrogens with zero attached hydrogens (tertiary/aromatic N) is 4. The van der Waals surface area contributed by atoms with Gasteiger partial charge in [0.15, 0.2) is 0 Å². The third-order valence-electron chi connectivity index (χ3n) is 3.03. The minimum Gasteiger partial charge on any atom is -0.391 e. The van der Waals surface area contributed by atoms with E-state index in [0.29, 0.717) is 15.7 Å². The Morgan fingerprint density at radius 1 is 1.13 bits per heavy atom. The molecule has 0 N–H and O–H groups in total. The van der Waals surface area contributed by atoms with E-state index in [4.69, 9.17) is 28.0 Å². The van der Waals surface area contributed by atoms with Gasteiger partial charge in [-0.25, -0.2) is 4.68 Å². The molecule has 0 bridgehead atoms. The third kappa shape index (κ3) is 4.09. The van der Waals surface area contributed by atoms with Crippen molar-refractivity contribution >= 4 is 29.4 Å². The summed E-state index contributed by atoms with van der Waals surface area (Å²) in [6.45, 7) is 0.249. The van der Waals surface area contributed by atoms with Gasteiger partial charge in [0.05, 0.1) is 18.1 Å². The Kier molecular flexibility index (Phi) is 4.90. The Labute approximate surface area is 143 Å². The van der Waals surface area contributed by atoms with Crippen molar-refractivity contribution in [3.05, 3.63) is 76.0 Å². The van der Waals surface area contributed by atoms with Crippen molar-refractivity contribution in [2.45, 2.75) is 6.61 Å². The van der Waals surface area contributed by atoms with Crippen LogP contribution in [-0.2, 0) is 11.4 Å². The van der Waals surface area contributed by atoms with Crippen molar-refractivity contribution in [1.82, 2.24) is 15.0 Å². The van der Waals surface area contributed by atoms with E-state index in [-0.39, 0.29) is 6.61 Å². The lowest BCUT2D eigenvalue weighted by atomic mass is 10.2. The molecule has 23 heavy (non-hydrogen) atoms. The second-order valence-electron chi connectivity index (χ2n) is 4.67. The van der Waals surface area contributed by atoms with Crippen molar-refractivity contribution in [1.29, 1.82) is 0 Å². The topological polar surface area (TPSA) is 52.3 Å². The molecule has 0 atom stereocenters. The molecule has 0 saturated carbocycles. The fourth-order valence-corrected chi connectivity index (χ4v) is 2.34. The van der Waals surface area contributed by atoms with E-state index >= 15 is 0 Å². The van der Waals surface area contributed by atoms with Crippen LogP contribution < -0.4 is 0 Å². The van der Waals surface area contributed by atoms with Crippen LogP contribution in [0, 0.1) is 0 Å². The fraction of sp³-hybridized carbons (Fsp3) is 0.0625. The largest absolute Gasteiger partial charge is 0.391 e. The van der Waals surface area contributed by atoms with Gasteiger partial charge in [0.2, 0.25) is 0 Å². The number of aromatic nitrogens is 3. The number of rotatable bonds is 5. The molecule has 116 valence electrons. The van der Waals surface area contributed by atoms with Gasteiger partial charge in [-0.3, -0.25) is 0 Å². The summed E-state index contributed by atoms with van der Waals surface area (Å²) in [4.78, 5) is 5.22. The number of benzene rings is 2. The summed E-state index contributed by atoms with van der Waals surface area (Å²) in [7, 11) is 0. The van der Waals surface area contributed by atoms with Crippen LogP contribution in [0.1, 0.15) is 11.3 Å². The number of oxime groups is 1. The lowest BCUT2D eigenvalue weighted by Crippen LogP contribution is -1.93. The average Bonchev–Trinajstić information content (AvgIpc) is 3.03. The smallest absolute Gasteiger partial charge is 0.143 e. The standard InChI is InChI=1S/C16H12Cl2N4O/c17-13-7-6-12(16(18)8-13)11-23-19-9-14-10-22(21-20-14)15-4-2-1-3-5-15/h1-10H,11H2. The molecule has 3 rings (SSSR count). The monoisotopic (exact) mass is 346 g/mol. The van der Waals surface area contributed by atoms with Crippen LogP contribution in [-0.4, -0.2) is 21.2 Å². The van der Waals surface area contributed by atoms with Crippen LogP contribution in [0.3, 0.4) is 0 Å². The van der Waals surface area contributed by atoms with Gasteiger partial charge in [-0.2, -0.15) is 0 Å². The molecule has 1 heterocycles. The van der Waals surface area contributed by atoms with Crippen molar-refractivity contribution in [2.24, 2.45) is 5.16 Å². The molecule has 0 unspecified atom stereocenters. The van der Waals surface area contributed by atoms with Gasteiger partial charge in [-0.05, 0) is 24.3 Å². The molecule has 0 amide bonds. The molecule has 7 heteroatoms. The fourth-order valence-electron chi connectivity index (χ4n) is 1.88. The Bertz CT molecular complexity index is 818. The predicted molar refractivity (Wildman–Crippen MR) is 90.2 cm³/mol. The van der Waals surface area contributed by atoms with Gasteiger partial charge >= 0.3 is 0 Å². The maximum atomic E-state index is 6.05. The lowest BCUT2D eigenvalue weighted by Gasteiger charge is -2.02. The molecular formula is C16H12Cl2N4O. The quantitative estimate of drug-likeness (QED) is 0.515. The zero-order chi connectivity index (χ0) is 16.1. The molecule has 3 aromatic rings. The van der Waals surface area contributed by atoms with Crippen LogP contribution in [0.25, 0.3) is 5.69 Å². The van der Waals surface area contributed by atoms with Crippen LogP contribution in [0.5, 0.6) is 0 Å². The summed E-state index contributed by atoms with van der Waals surface area (Å²) >= 11 is 11.9. The molecule has 0 saturated heterocycles. The highest BCUT2D eigenvalue weighted by Crippen LogP contribution is 2.21. The molecular weight excluding hydrogens is 335 g/mol. The van der Waals surface area contributed by atoms with E-state index in [2.05, 4.69) is 15.5 Å². The van der Waals surface area contributed by atoms with Crippen molar-refractivity contribution in [2.75, 3.05) is 0 Å². The Morgan fingerprint density at radius 3 is 2.74 bits per heavy atom. The minimum atomic E-state index is 0.249. The van der Waals surface area contributed by atoms with Crippen molar-refractivity contribution in [3.63, 3.8) is 0 Å². The first-order valence-electron chi connectivity index (χ1n) is 6.79.